The molecule has 0 aromatic heterocycles. The number of hydrogen-bond acceptors (Lipinski definition) is 2. The largest absolute Gasteiger partial charge is 0.396 e. The Hall–Kier alpha value is -0.340. The number of aliphatic hydroxyl groups excluding tert-OH is 1. The zero-order chi connectivity index (χ0) is 17.7. The van der Waals surface area contributed by atoms with Crippen LogP contribution in [-0.4, -0.2) is 24.4 Å². The summed E-state index contributed by atoms with van der Waals surface area (Å²) >= 11 is 0. The van der Waals surface area contributed by atoms with Gasteiger partial charge in [-0.1, -0.05) is 76.9 Å². The van der Waals surface area contributed by atoms with E-state index in [1.807, 2.05) is 6.92 Å². The number of hydrogen-bond donors (Lipinski definition) is 1. The lowest BCUT2D eigenvalue weighted by molar-refractivity contribution is 0.0456. The lowest BCUT2D eigenvalue weighted by atomic mass is 10.1. The van der Waals surface area contributed by atoms with Crippen LogP contribution >= 0.6 is 0 Å². The van der Waals surface area contributed by atoms with Gasteiger partial charge in [0.05, 0.1) is 6.10 Å². The Kier molecular flexibility index (Phi) is 20.4. The summed E-state index contributed by atoms with van der Waals surface area (Å²) in [4.78, 5) is 0. The summed E-state index contributed by atoms with van der Waals surface area (Å²) < 4.78 is 5.63. The molecule has 0 heterocycles. The van der Waals surface area contributed by atoms with Gasteiger partial charge in [0.15, 0.2) is 0 Å². The molecule has 0 aliphatic heterocycles. The highest BCUT2D eigenvalue weighted by Crippen LogP contribution is 2.10. The molecule has 2 nitrogen and oxygen atoms in total. The predicted molar refractivity (Wildman–Crippen MR) is 107 cm³/mol. The number of allylic oxidation sites excluding steroid dienone is 2. The third-order valence-electron chi connectivity index (χ3n) is 4.59. The topological polar surface area (TPSA) is 29.5 Å². The molecule has 0 spiro atoms. The molecule has 0 saturated carbocycles. The molecule has 1 N–H and O–H groups in total. The quantitative estimate of drug-likeness (QED) is 0.207. The van der Waals surface area contributed by atoms with E-state index in [0.717, 1.165) is 19.4 Å². The van der Waals surface area contributed by atoms with Crippen molar-refractivity contribution in [3.63, 3.8) is 0 Å². The van der Waals surface area contributed by atoms with Crippen LogP contribution in [0.1, 0.15) is 110 Å². The van der Waals surface area contributed by atoms with Gasteiger partial charge in [0, 0.05) is 13.2 Å². The van der Waals surface area contributed by atoms with Crippen molar-refractivity contribution in [1.29, 1.82) is 0 Å². The Morgan fingerprint density at radius 3 is 1.79 bits per heavy atom. The maximum Gasteiger partial charge on any atom is 0.0568 e. The fourth-order valence-corrected chi connectivity index (χ4v) is 2.90. The van der Waals surface area contributed by atoms with Crippen LogP contribution in [0.15, 0.2) is 12.2 Å². The molecule has 1 atom stereocenters. The average Bonchev–Trinajstić information content (AvgIpc) is 2.58. The second-order valence-electron chi connectivity index (χ2n) is 7.13. The summed E-state index contributed by atoms with van der Waals surface area (Å²) in [6.07, 6.45) is 24.5. The SMILES string of the molecule is CCCCCCCCC=CCCCCCCCCOC(C)CCO. The van der Waals surface area contributed by atoms with Crippen molar-refractivity contribution in [2.45, 2.75) is 116 Å². The van der Waals surface area contributed by atoms with Gasteiger partial charge in [-0.3, -0.25) is 0 Å². The van der Waals surface area contributed by atoms with E-state index in [-0.39, 0.29) is 12.7 Å². The second-order valence-corrected chi connectivity index (χ2v) is 7.13. The van der Waals surface area contributed by atoms with Gasteiger partial charge in [-0.25, -0.2) is 0 Å². The average molecular weight is 341 g/mol. The van der Waals surface area contributed by atoms with E-state index in [4.69, 9.17) is 9.84 Å². The van der Waals surface area contributed by atoms with Crippen molar-refractivity contribution in [2.75, 3.05) is 13.2 Å². The Labute approximate surface area is 152 Å². The first-order valence-electron chi connectivity index (χ1n) is 10.7. The Morgan fingerprint density at radius 1 is 0.750 bits per heavy atom. The molecule has 144 valence electrons. The lowest BCUT2D eigenvalue weighted by Gasteiger charge is -2.11. The molecule has 1 unspecified atom stereocenters. The van der Waals surface area contributed by atoms with Gasteiger partial charge < -0.3 is 9.84 Å². The fourth-order valence-electron chi connectivity index (χ4n) is 2.90. The van der Waals surface area contributed by atoms with Crippen LogP contribution in [0, 0.1) is 0 Å². The molecule has 0 saturated heterocycles. The Balaban J connectivity index is 3.10. The van der Waals surface area contributed by atoms with Crippen LogP contribution in [0.4, 0.5) is 0 Å². The smallest absolute Gasteiger partial charge is 0.0568 e. The molecule has 0 aliphatic carbocycles. The minimum absolute atomic E-state index is 0.207. The number of ether oxygens (including phenoxy) is 1. The van der Waals surface area contributed by atoms with E-state index in [9.17, 15) is 0 Å². The van der Waals surface area contributed by atoms with Crippen molar-refractivity contribution in [3.8, 4) is 0 Å². The lowest BCUT2D eigenvalue weighted by Crippen LogP contribution is -2.10. The van der Waals surface area contributed by atoms with Gasteiger partial charge in [0.25, 0.3) is 0 Å². The van der Waals surface area contributed by atoms with Gasteiger partial charge >= 0.3 is 0 Å². The maximum atomic E-state index is 8.80. The van der Waals surface area contributed by atoms with Crippen molar-refractivity contribution >= 4 is 0 Å². The summed E-state index contributed by atoms with van der Waals surface area (Å²) in [6.45, 7) is 5.39. The second kappa shape index (κ2) is 20.7. The normalized spacial score (nSPS) is 13.0. The molecule has 2 heteroatoms. The van der Waals surface area contributed by atoms with Crippen LogP contribution in [0.5, 0.6) is 0 Å². The van der Waals surface area contributed by atoms with Crippen molar-refractivity contribution in [1.82, 2.24) is 0 Å². The van der Waals surface area contributed by atoms with Gasteiger partial charge in [-0.05, 0) is 45.4 Å². The number of aliphatic hydroxyl groups is 1. The molecule has 24 heavy (non-hydrogen) atoms. The van der Waals surface area contributed by atoms with E-state index >= 15 is 0 Å². The van der Waals surface area contributed by atoms with Gasteiger partial charge in [0.2, 0.25) is 0 Å². The minimum atomic E-state index is 0.207. The predicted octanol–water partition coefficient (Wildman–Crippen LogP) is 6.81. The van der Waals surface area contributed by atoms with Crippen LogP contribution < -0.4 is 0 Å². The first kappa shape index (κ1) is 23.7. The van der Waals surface area contributed by atoms with Gasteiger partial charge in [0.1, 0.15) is 0 Å². The van der Waals surface area contributed by atoms with E-state index in [2.05, 4.69) is 19.1 Å². The maximum absolute atomic E-state index is 8.80. The van der Waals surface area contributed by atoms with Gasteiger partial charge in [-0.2, -0.15) is 0 Å². The standard InChI is InChI=1S/C22H44O2/c1-3-4-5-6-7-8-9-10-11-12-13-14-15-16-17-18-21-24-22(2)19-20-23/h10-11,22-23H,3-9,12-21H2,1-2H3. The molecule has 0 aliphatic rings. The summed E-state index contributed by atoms with van der Waals surface area (Å²) in [5.74, 6) is 0. The molecule has 0 bridgehead atoms. The van der Waals surface area contributed by atoms with Crippen molar-refractivity contribution in [3.05, 3.63) is 12.2 Å². The van der Waals surface area contributed by atoms with Crippen molar-refractivity contribution < 1.29 is 9.84 Å². The summed E-state index contributed by atoms with van der Waals surface area (Å²) in [5, 5.41) is 8.80. The molecule has 0 rings (SSSR count). The molecule has 0 amide bonds. The van der Waals surface area contributed by atoms with E-state index in [1.54, 1.807) is 0 Å². The summed E-state index contributed by atoms with van der Waals surface area (Å²) in [6, 6.07) is 0. The molecule has 0 fully saturated rings. The molecule has 0 radical (unpaired) electrons. The Morgan fingerprint density at radius 2 is 1.25 bits per heavy atom. The molecule has 0 aromatic rings. The molecular weight excluding hydrogens is 296 g/mol. The first-order valence-corrected chi connectivity index (χ1v) is 10.7. The third kappa shape index (κ3) is 19.7. The highest BCUT2D eigenvalue weighted by Gasteiger charge is 2.00. The first-order chi connectivity index (χ1) is 11.8. The minimum Gasteiger partial charge on any atom is -0.396 e. The van der Waals surface area contributed by atoms with Gasteiger partial charge in [-0.15, -0.1) is 0 Å². The monoisotopic (exact) mass is 340 g/mol. The Bertz CT molecular complexity index is 250. The summed E-state index contributed by atoms with van der Waals surface area (Å²) in [7, 11) is 0. The van der Waals surface area contributed by atoms with Crippen LogP contribution in [0.25, 0.3) is 0 Å². The highest BCUT2D eigenvalue weighted by atomic mass is 16.5. The van der Waals surface area contributed by atoms with E-state index in [1.165, 1.54) is 83.5 Å². The zero-order valence-corrected chi connectivity index (χ0v) is 16.6. The van der Waals surface area contributed by atoms with Crippen LogP contribution in [0.3, 0.4) is 0 Å². The van der Waals surface area contributed by atoms with Crippen molar-refractivity contribution in [2.24, 2.45) is 0 Å². The number of unbranched alkanes of at least 4 members (excludes halogenated alkanes) is 12. The van der Waals surface area contributed by atoms with E-state index < -0.39 is 0 Å². The van der Waals surface area contributed by atoms with Crippen LogP contribution in [-0.2, 0) is 4.74 Å². The summed E-state index contributed by atoms with van der Waals surface area (Å²) in [5.41, 5.74) is 0. The fraction of sp³-hybridized carbons (Fsp3) is 0.909. The highest BCUT2D eigenvalue weighted by molar-refractivity contribution is 4.81. The molecular formula is C22H44O2. The van der Waals surface area contributed by atoms with Crippen LogP contribution in [0.2, 0.25) is 0 Å². The van der Waals surface area contributed by atoms with E-state index in [0.29, 0.717) is 0 Å². The zero-order valence-electron chi connectivity index (χ0n) is 16.6. The molecule has 0 aromatic carbocycles. The third-order valence-corrected chi connectivity index (χ3v) is 4.59. The number of rotatable bonds is 19.